The van der Waals surface area contributed by atoms with E-state index in [1.807, 2.05) is 24.3 Å². The normalized spacial score (nSPS) is 12.2. The quantitative estimate of drug-likeness (QED) is 0.267. The summed E-state index contributed by atoms with van der Waals surface area (Å²) in [5, 5.41) is 1.23. The van der Waals surface area contributed by atoms with Crippen molar-refractivity contribution < 1.29 is 13.9 Å². The van der Waals surface area contributed by atoms with Gasteiger partial charge in [0.15, 0.2) is 14.5 Å². The molecule has 4 heteroatoms. The molecule has 0 saturated carbocycles. The van der Waals surface area contributed by atoms with Crippen LogP contribution in [0.1, 0.15) is 34.6 Å². The highest BCUT2D eigenvalue weighted by Crippen LogP contribution is 2.43. The number of aryl methyl sites for hydroxylation is 1. The smallest absolute Gasteiger partial charge is 0.339 e. The molecular formula is C25H22FO2S+. The lowest BCUT2D eigenvalue weighted by Crippen LogP contribution is -2.25. The van der Waals surface area contributed by atoms with Crippen molar-refractivity contribution in [1.82, 2.24) is 0 Å². The second-order valence-electron chi connectivity index (χ2n) is 7.54. The number of hydrogen-bond acceptors (Lipinski definition) is 2. The minimum atomic E-state index is -0.937. The molecule has 146 valence electrons. The van der Waals surface area contributed by atoms with Crippen molar-refractivity contribution in [3.05, 3.63) is 101 Å². The Morgan fingerprint density at radius 3 is 2.48 bits per heavy atom. The number of ether oxygens (including phenoxy) is 1. The number of hydrogen-bond donors (Lipinski definition) is 0. The Kier molecular flexibility index (Phi) is 4.97. The fourth-order valence-corrected chi connectivity index (χ4v) is 5.77. The van der Waals surface area contributed by atoms with Gasteiger partial charge in [-0.05, 0) is 55.8 Å². The lowest BCUT2D eigenvalue weighted by Gasteiger charge is -2.25. The molecule has 4 aromatic rings. The Labute approximate surface area is 172 Å². The van der Waals surface area contributed by atoms with Crippen molar-refractivity contribution in [3.8, 4) is 4.90 Å². The summed E-state index contributed by atoms with van der Waals surface area (Å²) < 4.78 is 20.6. The van der Waals surface area contributed by atoms with Crippen molar-refractivity contribution in [2.45, 2.75) is 26.4 Å². The molecule has 0 radical (unpaired) electrons. The maximum Gasteiger partial charge on any atom is 0.339 e. The first-order valence-corrected chi connectivity index (χ1v) is 10.7. The summed E-state index contributed by atoms with van der Waals surface area (Å²) in [6.07, 6.45) is 0. The standard InChI is InChI=1S/C25H22FO2S/c1-17-14-18-8-4-5-13-23(18)29(17)22-12-6-9-19(15-22)24(27)28-25(2,3)20-10-7-11-21(26)16-20/h4-16H,1-3H3/q+1. The van der Waals surface area contributed by atoms with Gasteiger partial charge in [-0.3, -0.25) is 0 Å². The number of rotatable bonds is 4. The van der Waals surface area contributed by atoms with Gasteiger partial charge in [0.25, 0.3) is 0 Å². The Balaban J connectivity index is 1.66. The molecule has 1 aromatic heterocycles. The molecule has 0 amide bonds. The van der Waals surface area contributed by atoms with Gasteiger partial charge >= 0.3 is 5.97 Å². The van der Waals surface area contributed by atoms with Gasteiger partial charge < -0.3 is 4.74 Å². The molecule has 3 aromatic carbocycles. The van der Waals surface area contributed by atoms with Crippen LogP contribution in [0.3, 0.4) is 0 Å². The van der Waals surface area contributed by atoms with Gasteiger partial charge in [0, 0.05) is 34.9 Å². The van der Waals surface area contributed by atoms with Crippen molar-refractivity contribution in [2.75, 3.05) is 0 Å². The lowest BCUT2D eigenvalue weighted by atomic mass is 9.98. The van der Waals surface area contributed by atoms with E-state index in [0.29, 0.717) is 11.1 Å². The van der Waals surface area contributed by atoms with Gasteiger partial charge in [-0.25, -0.2) is 9.18 Å². The summed E-state index contributed by atoms with van der Waals surface area (Å²) in [7, 11) is -0.196. The van der Waals surface area contributed by atoms with Crippen LogP contribution in [0.2, 0.25) is 0 Å². The van der Waals surface area contributed by atoms with E-state index in [-0.39, 0.29) is 16.3 Å². The molecule has 0 aliphatic carbocycles. The average molecular weight is 406 g/mol. The van der Waals surface area contributed by atoms with Crippen LogP contribution < -0.4 is 0 Å². The SMILES string of the molecule is Cc1cc2ccccc2[s+]1-c1cccc(C(=O)OC(C)(C)c2cccc(F)c2)c1. The van der Waals surface area contributed by atoms with Crippen LogP contribution in [-0.2, 0) is 10.3 Å². The van der Waals surface area contributed by atoms with E-state index in [0.717, 1.165) is 4.90 Å². The molecule has 0 spiro atoms. The van der Waals surface area contributed by atoms with Gasteiger partial charge in [-0.1, -0.05) is 30.3 Å². The number of carbonyl (C=O) groups excluding carboxylic acids is 1. The fourth-order valence-electron chi connectivity index (χ4n) is 3.51. The van der Waals surface area contributed by atoms with Crippen LogP contribution in [-0.4, -0.2) is 5.97 Å². The molecule has 0 aliphatic heterocycles. The van der Waals surface area contributed by atoms with Gasteiger partial charge in [0.05, 0.1) is 5.56 Å². The molecule has 1 unspecified atom stereocenters. The molecule has 1 heterocycles. The van der Waals surface area contributed by atoms with Crippen LogP contribution in [0.25, 0.3) is 15.0 Å². The Hall–Kier alpha value is -2.98. The van der Waals surface area contributed by atoms with Crippen molar-refractivity contribution in [3.63, 3.8) is 0 Å². The van der Waals surface area contributed by atoms with E-state index in [9.17, 15) is 9.18 Å². The summed E-state index contributed by atoms with van der Waals surface area (Å²) in [4.78, 5) is 15.2. The number of thiophene rings is 1. The zero-order valence-electron chi connectivity index (χ0n) is 16.6. The summed E-state index contributed by atoms with van der Waals surface area (Å²) in [6.45, 7) is 5.66. The summed E-state index contributed by atoms with van der Waals surface area (Å²) in [5.41, 5.74) is 0.178. The zero-order valence-corrected chi connectivity index (χ0v) is 17.4. The molecule has 4 rings (SSSR count). The van der Waals surface area contributed by atoms with E-state index >= 15 is 0 Å². The second-order valence-corrected chi connectivity index (χ2v) is 9.70. The second kappa shape index (κ2) is 7.45. The van der Waals surface area contributed by atoms with Crippen LogP contribution in [0, 0.1) is 12.7 Å². The Morgan fingerprint density at radius 2 is 1.69 bits per heavy atom. The van der Waals surface area contributed by atoms with Gasteiger partial charge in [0.1, 0.15) is 11.4 Å². The number of carbonyl (C=O) groups is 1. The predicted molar refractivity (Wildman–Crippen MR) is 117 cm³/mol. The molecule has 1 atom stereocenters. The maximum atomic E-state index is 13.6. The van der Waals surface area contributed by atoms with E-state index in [4.69, 9.17) is 4.74 Å². The average Bonchev–Trinajstić information content (AvgIpc) is 3.03. The van der Waals surface area contributed by atoms with Crippen LogP contribution in [0.15, 0.2) is 78.9 Å². The largest absolute Gasteiger partial charge is 0.451 e. The third kappa shape index (κ3) is 3.81. The number of benzene rings is 3. The lowest BCUT2D eigenvalue weighted by molar-refractivity contribution is -0.00324. The molecular weight excluding hydrogens is 383 g/mol. The summed E-state index contributed by atoms with van der Waals surface area (Å²) in [5.74, 6) is -0.768. The molecule has 29 heavy (non-hydrogen) atoms. The van der Waals surface area contributed by atoms with Gasteiger partial charge in [-0.15, -0.1) is 0 Å². The third-order valence-electron chi connectivity index (χ3n) is 4.99. The van der Waals surface area contributed by atoms with E-state index in [1.165, 1.54) is 27.1 Å². The zero-order chi connectivity index (χ0) is 20.6. The van der Waals surface area contributed by atoms with Crippen molar-refractivity contribution in [1.29, 1.82) is 0 Å². The summed E-state index contributed by atoms with van der Waals surface area (Å²) >= 11 is 0. The highest BCUT2D eigenvalue weighted by atomic mass is 32.2. The molecule has 0 bridgehead atoms. The molecule has 0 saturated heterocycles. The first kappa shape index (κ1) is 19.3. The van der Waals surface area contributed by atoms with E-state index < -0.39 is 11.6 Å². The number of fused-ring (bicyclic) bond motifs is 1. The molecule has 0 aliphatic rings. The van der Waals surface area contributed by atoms with Crippen LogP contribution in [0.4, 0.5) is 4.39 Å². The fraction of sp³-hybridized carbons (Fsp3) is 0.160. The number of esters is 1. The minimum absolute atomic E-state index is 0.196. The van der Waals surface area contributed by atoms with Crippen molar-refractivity contribution in [2.24, 2.45) is 0 Å². The minimum Gasteiger partial charge on any atom is -0.451 e. The Bertz CT molecular complexity index is 1210. The van der Waals surface area contributed by atoms with E-state index in [2.05, 4.69) is 31.2 Å². The predicted octanol–water partition coefficient (Wildman–Crippen LogP) is 7.12. The maximum absolute atomic E-state index is 13.6. The molecule has 0 N–H and O–H groups in total. The highest BCUT2D eigenvalue weighted by Gasteiger charge is 2.28. The number of halogens is 1. The van der Waals surface area contributed by atoms with Gasteiger partial charge in [0.2, 0.25) is 0 Å². The third-order valence-corrected chi connectivity index (χ3v) is 7.29. The van der Waals surface area contributed by atoms with Gasteiger partial charge in [-0.2, -0.15) is 0 Å². The van der Waals surface area contributed by atoms with Crippen molar-refractivity contribution >= 4 is 26.5 Å². The van der Waals surface area contributed by atoms with Crippen LogP contribution >= 0.6 is 10.5 Å². The Morgan fingerprint density at radius 1 is 0.931 bits per heavy atom. The monoisotopic (exact) mass is 405 g/mol. The van der Waals surface area contributed by atoms with E-state index in [1.54, 1.807) is 32.0 Å². The molecule has 2 nitrogen and oxygen atoms in total. The van der Waals surface area contributed by atoms with Crippen LogP contribution in [0.5, 0.6) is 0 Å². The highest BCUT2D eigenvalue weighted by molar-refractivity contribution is 7.45. The molecule has 0 fully saturated rings. The topological polar surface area (TPSA) is 26.3 Å². The first-order valence-electron chi connectivity index (χ1n) is 9.46. The summed E-state index contributed by atoms with van der Waals surface area (Å²) in [6, 6.07) is 24.3. The first-order chi connectivity index (χ1) is 13.8.